The Morgan fingerprint density at radius 3 is 2.24 bits per heavy atom. The second-order valence-electron chi connectivity index (χ2n) is 14.4. The molecule has 0 aromatic rings. The number of carbonyl (C=O) groups is 5. The molecule has 4 fully saturated rings. The van der Waals surface area contributed by atoms with Gasteiger partial charge >= 0.3 is 5.97 Å². The number of hydrogen-bond donors (Lipinski definition) is 1. The summed E-state index contributed by atoms with van der Waals surface area (Å²) in [6, 6.07) is 0. The molecular weight excluding hydrogens is 484 g/mol. The first-order valence-electron chi connectivity index (χ1n) is 14.3. The smallest absolute Gasteiger partial charge is 0.308 e. The van der Waals surface area contributed by atoms with Gasteiger partial charge < -0.3 is 9.84 Å². The van der Waals surface area contributed by atoms with Crippen LogP contribution in [0.15, 0.2) is 0 Å². The lowest BCUT2D eigenvalue weighted by molar-refractivity contribution is -0.199. The van der Waals surface area contributed by atoms with Crippen LogP contribution in [-0.4, -0.2) is 47.4 Å². The molecule has 4 saturated carbocycles. The highest BCUT2D eigenvalue weighted by atomic mass is 16.5. The number of ketones is 4. The van der Waals surface area contributed by atoms with Gasteiger partial charge in [0.2, 0.25) is 0 Å². The molecule has 10 unspecified atom stereocenters. The van der Waals surface area contributed by atoms with E-state index in [-0.39, 0.29) is 66.6 Å². The number of ether oxygens (including phenoxy) is 1. The van der Waals surface area contributed by atoms with Gasteiger partial charge in [0, 0.05) is 54.8 Å². The summed E-state index contributed by atoms with van der Waals surface area (Å²) in [6.07, 6.45) is 1.52. The third-order valence-electron chi connectivity index (χ3n) is 12.2. The van der Waals surface area contributed by atoms with Crippen molar-refractivity contribution in [1.82, 2.24) is 0 Å². The lowest BCUT2D eigenvalue weighted by Crippen LogP contribution is -2.68. The fourth-order valence-corrected chi connectivity index (χ4v) is 9.84. The number of Topliss-reactive ketones (excluding diaryl/α,β-unsaturated/α-hetero) is 4. The van der Waals surface area contributed by atoms with Crippen LogP contribution < -0.4 is 0 Å². The molecule has 0 saturated heterocycles. The van der Waals surface area contributed by atoms with Gasteiger partial charge in [0.15, 0.2) is 0 Å². The molecular formula is C31H46O7. The van der Waals surface area contributed by atoms with E-state index in [2.05, 4.69) is 6.92 Å². The first-order valence-corrected chi connectivity index (χ1v) is 14.3. The first kappa shape index (κ1) is 29.1. The molecule has 0 spiro atoms. The van der Waals surface area contributed by atoms with Gasteiger partial charge in [-0.1, -0.05) is 48.5 Å². The Kier molecular flexibility index (Phi) is 7.16. The second-order valence-corrected chi connectivity index (χ2v) is 14.4. The number of aliphatic hydroxyl groups is 1. The average molecular weight is 531 g/mol. The summed E-state index contributed by atoms with van der Waals surface area (Å²) in [5, 5.41) is 11.7. The van der Waals surface area contributed by atoms with E-state index in [0.29, 0.717) is 19.3 Å². The van der Waals surface area contributed by atoms with Crippen molar-refractivity contribution in [2.45, 2.75) is 99.5 Å². The van der Waals surface area contributed by atoms with Gasteiger partial charge in [-0.15, -0.1) is 0 Å². The summed E-state index contributed by atoms with van der Waals surface area (Å²) in [7, 11) is 1.31. The maximum absolute atomic E-state index is 14.1. The normalized spacial score (nSPS) is 43.5. The molecule has 38 heavy (non-hydrogen) atoms. The summed E-state index contributed by atoms with van der Waals surface area (Å²) >= 11 is 0. The summed E-state index contributed by atoms with van der Waals surface area (Å²) in [5.74, 6) is -2.29. The molecule has 0 amide bonds. The number of esters is 1. The Labute approximate surface area is 226 Å². The largest absolute Gasteiger partial charge is 0.469 e. The molecule has 7 nitrogen and oxygen atoms in total. The zero-order valence-corrected chi connectivity index (χ0v) is 24.4. The SMILES string of the molecule is COC(=O)C(C)CC(=O)CC(C)C1CC(O)C2(C)C3C(=O)CC4C(C)(C)C(=O)CCC4(C)C3C(=O)CC12C. The molecule has 0 aromatic heterocycles. The molecule has 10 atom stereocenters. The van der Waals surface area contributed by atoms with Gasteiger partial charge in [-0.2, -0.15) is 0 Å². The van der Waals surface area contributed by atoms with Crippen LogP contribution in [0.3, 0.4) is 0 Å². The van der Waals surface area contributed by atoms with Crippen LogP contribution in [-0.2, 0) is 28.7 Å². The Morgan fingerprint density at radius 1 is 1.00 bits per heavy atom. The van der Waals surface area contributed by atoms with Crippen molar-refractivity contribution >= 4 is 29.1 Å². The van der Waals surface area contributed by atoms with Crippen molar-refractivity contribution in [1.29, 1.82) is 0 Å². The van der Waals surface area contributed by atoms with Crippen molar-refractivity contribution in [3.05, 3.63) is 0 Å². The number of methoxy groups -OCH3 is 1. The minimum Gasteiger partial charge on any atom is -0.469 e. The highest BCUT2D eigenvalue weighted by molar-refractivity contribution is 5.96. The van der Waals surface area contributed by atoms with E-state index in [0.717, 1.165) is 0 Å². The summed E-state index contributed by atoms with van der Waals surface area (Å²) in [4.78, 5) is 65.7. The van der Waals surface area contributed by atoms with Crippen LogP contribution in [0.2, 0.25) is 0 Å². The third kappa shape index (κ3) is 3.88. The van der Waals surface area contributed by atoms with Crippen LogP contribution in [0.4, 0.5) is 0 Å². The molecule has 212 valence electrons. The summed E-state index contributed by atoms with van der Waals surface area (Å²) in [6.45, 7) is 13.6. The van der Waals surface area contributed by atoms with E-state index in [4.69, 9.17) is 4.74 Å². The van der Waals surface area contributed by atoms with Crippen LogP contribution in [0, 0.1) is 57.2 Å². The maximum Gasteiger partial charge on any atom is 0.308 e. The van der Waals surface area contributed by atoms with E-state index in [1.807, 2.05) is 34.6 Å². The Morgan fingerprint density at radius 2 is 1.63 bits per heavy atom. The fourth-order valence-electron chi connectivity index (χ4n) is 9.84. The monoisotopic (exact) mass is 530 g/mol. The predicted octanol–water partition coefficient (Wildman–Crippen LogP) is 4.36. The fraction of sp³-hybridized carbons (Fsp3) is 0.839. The van der Waals surface area contributed by atoms with Gasteiger partial charge in [-0.3, -0.25) is 24.0 Å². The summed E-state index contributed by atoms with van der Waals surface area (Å²) in [5.41, 5.74) is -2.58. The van der Waals surface area contributed by atoms with Crippen LogP contribution in [0.25, 0.3) is 0 Å². The van der Waals surface area contributed by atoms with Gasteiger partial charge in [0.05, 0.1) is 19.1 Å². The quantitative estimate of drug-likeness (QED) is 0.507. The van der Waals surface area contributed by atoms with Gasteiger partial charge in [0.25, 0.3) is 0 Å². The molecule has 0 heterocycles. The van der Waals surface area contributed by atoms with Crippen LogP contribution in [0.1, 0.15) is 93.4 Å². The molecule has 0 aliphatic heterocycles. The zero-order valence-electron chi connectivity index (χ0n) is 24.4. The predicted molar refractivity (Wildman–Crippen MR) is 141 cm³/mol. The van der Waals surface area contributed by atoms with Crippen LogP contribution >= 0.6 is 0 Å². The molecule has 4 aliphatic rings. The van der Waals surface area contributed by atoms with Crippen LogP contribution in [0.5, 0.6) is 0 Å². The highest BCUT2D eigenvalue weighted by Gasteiger charge is 2.74. The van der Waals surface area contributed by atoms with Gasteiger partial charge in [-0.05, 0) is 41.4 Å². The molecule has 7 heteroatoms. The molecule has 0 aromatic carbocycles. The number of rotatable bonds is 6. The van der Waals surface area contributed by atoms with E-state index in [9.17, 15) is 29.1 Å². The van der Waals surface area contributed by atoms with E-state index in [1.165, 1.54) is 7.11 Å². The number of aliphatic hydroxyl groups excluding tert-OH is 1. The Hall–Kier alpha value is -1.89. The van der Waals surface area contributed by atoms with E-state index < -0.39 is 51.5 Å². The minimum absolute atomic E-state index is 0.00245. The molecule has 1 N–H and O–H groups in total. The van der Waals surface area contributed by atoms with Crippen molar-refractivity contribution in [2.24, 2.45) is 57.2 Å². The second kappa shape index (κ2) is 9.35. The highest BCUT2D eigenvalue weighted by Crippen LogP contribution is 2.73. The lowest BCUT2D eigenvalue weighted by atomic mass is 9.37. The van der Waals surface area contributed by atoms with Gasteiger partial charge in [0.1, 0.15) is 23.1 Å². The standard InChI is InChI=1S/C31H46O7/c1-16(11-18(32)12-17(2)27(37)38-8)19-13-24(36)31(7)26-20(33)14-22-28(3,4)23(35)9-10-29(22,5)25(26)21(34)15-30(19,31)6/h16-17,19,22,24-26,36H,9-15H2,1-8H3. The van der Waals surface area contributed by atoms with Crippen molar-refractivity contribution in [3.63, 3.8) is 0 Å². The molecule has 4 rings (SSSR count). The first-order chi connectivity index (χ1) is 17.5. The maximum atomic E-state index is 14.1. The van der Waals surface area contributed by atoms with Crippen molar-refractivity contribution < 1.29 is 33.8 Å². The molecule has 0 bridgehead atoms. The summed E-state index contributed by atoms with van der Waals surface area (Å²) < 4.78 is 4.76. The zero-order chi connectivity index (χ0) is 28.6. The average Bonchev–Trinajstić information content (AvgIpc) is 3.03. The number of carbonyl (C=O) groups excluding carboxylic acids is 5. The van der Waals surface area contributed by atoms with Crippen molar-refractivity contribution in [3.8, 4) is 0 Å². The topological polar surface area (TPSA) is 115 Å². The third-order valence-corrected chi connectivity index (χ3v) is 12.2. The Bertz CT molecular complexity index is 1060. The Balaban J connectivity index is 1.66. The molecule has 0 radical (unpaired) electrons. The van der Waals surface area contributed by atoms with Gasteiger partial charge in [-0.25, -0.2) is 0 Å². The van der Waals surface area contributed by atoms with E-state index in [1.54, 1.807) is 6.92 Å². The lowest BCUT2D eigenvalue weighted by Gasteiger charge is -2.65. The van der Waals surface area contributed by atoms with Crippen molar-refractivity contribution in [2.75, 3.05) is 7.11 Å². The van der Waals surface area contributed by atoms with E-state index >= 15 is 0 Å². The molecule has 4 aliphatic carbocycles. The minimum atomic E-state index is -0.802. The number of hydrogen-bond acceptors (Lipinski definition) is 7. The number of fused-ring (bicyclic) bond motifs is 5.